The van der Waals surface area contributed by atoms with Gasteiger partial charge in [0, 0.05) is 44.4 Å². The Bertz CT molecular complexity index is 888. The molecule has 3 N–H and O–H groups in total. The van der Waals surface area contributed by atoms with Crippen LogP contribution in [0.25, 0.3) is 5.57 Å². The number of hydrogen-bond donors (Lipinski definition) is 2. The molecule has 0 unspecified atom stereocenters. The zero-order chi connectivity index (χ0) is 21.1. The molecule has 1 heterocycles. The third-order valence-corrected chi connectivity index (χ3v) is 5.20. The molecule has 1 fully saturated rings. The number of nitrogens with zero attached hydrogens (tertiary/aromatic N) is 3. The number of benzene rings is 1. The van der Waals surface area contributed by atoms with Crippen molar-refractivity contribution in [3.63, 3.8) is 0 Å². The van der Waals surface area contributed by atoms with Crippen molar-refractivity contribution in [2.24, 2.45) is 16.6 Å². The number of amides is 3. The zero-order valence-corrected chi connectivity index (χ0v) is 17.0. The van der Waals surface area contributed by atoms with Gasteiger partial charge in [-0.3, -0.25) is 19.4 Å². The Hall–Kier alpha value is -3.16. The zero-order valence-electron chi connectivity index (χ0n) is 17.0. The van der Waals surface area contributed by atoms with Crippen molar-refractivity contribution in [2.45, 2.75) is 32.7 Å². The number of aliphatic imine (C=N–C) groups is 1. The lowest BCUT2D eigenvalue weighted by Crippen LogP contribution is -2.51. The SMILES string of the molecule is CNC(=O)CN=CC(=CN)c1ccc2c(c1)N(C(=O)C1CC1)C[C@H](C)N2C(C)=O. The van der Waals surface area contributed by atoms with Crippen molar-refractivity contribution in [3.05, 3.63) is 30.0 Å². The van der Waals surface area contributed by atoms with Gasteiger partial charge < -0.3 is 20.9 Å². The van der Waals surface area contributed by atoms with Crippen LogP contribution >= 0.6 is 0 Å². The van der Waals surface area contributed by atoms with Gasteiger partial charge in [-0.25, -0.2) is 0 Å². The Balaban J connectivity index is 1.98. The fourth-order valence-corrected chi connectivity index (χ4v) is 3.56. The summed E-state index contributed by atoms with van der Waals surface area (Å²) >= 11 is 0. The van der Waals surface area contributed by atoms with Gasteiger partial charge >= 0.3 is 0 Å². The molecule has 0 saturated heterocycles. The van der Waals surface area contributed by atoms with Crippen molar-refractivity contribution in [1.82, 2.24) is 5.32 Å². The molecule has 0 spiro atoms. The highest BCUT2D eigenvalue weighted by Crippen LogP contribution is 2.41. The van der Waals surface area contributed by atoms with Crippen LogP contribution in [0, 0.1) is 5.92 Å². The number of allylic oxidation sites excluding steroid dienone is 1. The average molecular weight is 397 g/mol. The first-order valence-electron chi connectivity index (χ1n) is 9.75. The first kappa shape index (κ1) is 20.6. The lowest BCUT2D eigenvalue weighted by Gasteiger charge is -2.41. The molecule has 1 saturated carbocycles. The Labute approximate surface area is 170 Å². The average Bonchev–Trinajstić information content (AvgIpc) is 3.54. The van der Waals surface area contributed by atoms with Gasteiger partial charge in [0.2, 0.25) is 17.7 Å². The predicted octanol–water partition coefficient (Wildman–Crippen LogP) is 1.30. The molecule has 3 rings (SSSR count). The summed E-state index contributed by atoms with van der Waals surface area (Å²) in [5.74, 6) is -0.0895. The largest absolute Gasteiger partial charge is 0.404 e. The molecule has 29 heavy (non-hydrogen) atoms. The number of carbonyl (C=O) groups is 3. The second-order valence-corrected chi connectivity index (χ2v) is 7.43. The first-order chi connectivity index (χ1) is 13.9. The minimum Gasteiger partial charge on any atom is -0.404 e. The molecule has 8 heteroatoms. The summed E-state index contributed by atoms with van der Waals surface area (Å²) in [5.41, 5.74) is 8.59. The topological polar surface area (TPSA) is 108 Å². The Morgan fingerprint density at radius 3 is 2.59 bits per heavy atom. The van der Waals surface area contributed by atoms with E-state index in [1.807, 2.05) is 25.1 Å². The highest BCUT2D eigenvalue weighted by atomic mass is 16.2. The molecule has 8 nitrogen and oxygen atoms in total. The molecular weight excluding hydrogens is 370 g/mol. The molecule has 0 radical (unpaired) electrons. The molecule has 2 aliphatic rings. The van der Waals surface area contributed by atoms with E-state index in [1.165, 1.54) is 19.3 Å². The van der Waals surface area contributed by atoms with E-state index >= 15 is 0 Å². The fraction of sp³-hybridized carbons (Fsp3) is 0.429. The summed E-state index contributed by atoms with van der Waals surface area (Å²) < 4.78 is 0. The maximum atomic E-state index is 12.9. The lowest BCUT2D eigenvalue weighted by molar-refractivity contribution is -0.120. The minimum absolute atomic E-state index is 0.000695. The van der Waals surface area contributed by atoms with Crippen LogP contribution in [0.4, 0.5) is 11.4 Å². The third-order valence-electron chi connectivity index (χ3n) is 5.20. The maximum Gasteiger partial charge on any atom is 0.241 e. The molecule has 3 amide bonds. The number of anilines is 2. The molecule has 0 bridgehead atoms. The van der Waals surface area contributed by atoms with Crippen LogP contribution in [0.3, 0.4) is 0 Å². The normalized spacial score (nSPS) is 19.3. The van der Waals surface area contributed by atoms with E-state index in [1.54, 1.807) is 16.8 Å². The summed E-state index contributed by atoms with van der Waals surface area (Å²) in [5, 5.41) is 2.51. The second kappa shape index (κ2) is 8.46. The van der Waals surface area contributed by atoms with E-state index in [2.05, 4.69) is 10.3 Å². The molecule has 154 valence electrons. The van der Waals surface area contributed by atoms with Crippen LogP contribution in [0.1, 0.15) is 32.3 Å². The van der Waals surface area contributed by atoms with Crippen molar-refractivity contribution in [3.8, 4) is 0 Å². The third kappa shape index (κ3) is 4.31. The van der Waals surface area contributed by atoms with E-state index in [0.717, 1.165) is 18.4 Å². The monoisotopic (exact) mass is 397 g/mol. The van der Waals surface area contributed by atoms with E-state index in [9.17, 15) is 14.4 Å². The van der Waals surface area contributed by atoms with Gasteiger partial charge in [-0.2, -0.15) is 0 Å². The summed E-state index contributed by atoms with van der Waals surface area (Å²) in [6, 6.07) is 5.44. The van der Waals surface area contributed by atoms with Gasteiger partial charge in [-0.05, 0) is 37.5 Å². The van der Waals surface area contributed by atoms with Crippen molar-refractivity contribution in [1.29, 1.82) is 0 Å². The van der Waals surface area contributed by atoms with Crippen molar-refractivity contribution < 1.29 is 14.4 Å². The predicted molar refractivity (Wildman–Crippen MR) is 114 cm³/mol. The van der Waals surface area contributed by atoms with E-state index in [0.29, 0.717) is 23.5 Å². The molecule has 1 aliphatic carbocycles. The second-order valence-electron chi connectivity index (χ2n) is 7.43. The molecule has 0 aromatic heterocycles. The number of rotatable bonds is 5. The van der Waals surface area contributed by atoms with Gasteiger partial charge in [0.15, 0.2) is 0 Å². The van der Waals surface area contributed by atoms with Crippen LogP contribution in [-0.4, -0.2) is 50.1 Å². The summed E-state index contributed by atoms with van der Waals surface area (Å²) in [6.07, 6.45) is 4.78. The lowest BCUT2D eigenvalue weighted by atomic mass is 10.0. The van der Waals surface area contributed by atoms with Crippen molar-refractivity contribution >= 4 is 40.9 Å². The summed E-state index contributed by atoms with van der Waals surface area (Å²) in [4.78, 5) is 44.1. The van der Waals surface area contributed by atoms with Crippen LogP contribution in [0.5, 0.6) is 0 Å². The molecular formula is C21H27N5O3. The van der Waals surface area contributed by atoms with E-state index in [-0.39, 0.29) is 36.2 Å². The van der Waals surface area contributed by atoms with Crippen LogP contribution < -0.4 is 20.9 Å². The maximum absolute atomic E-state index is 12.9. The number of carbonyl (C=O) groups excluding carboxylic acids is 3. The Morgan fingerprint density at radius 1 is 1.28 bits per heavy atom. The molecule has 1 aromatic carbocycles. The number of fused-ring (bicyclic) bond motifs is 1. The number of nitrogens with two attached hydrogens (primary N) is 1. The standard InChI is InChI=1S/C21H27N5O3/c1-13-12-25(21(29)15-4-5-15)19-8-16(6-7-18(19)26(13)14(2)27)17(9-22)10-24-11-20(28)23-3/h6-10,13,15H,4-5,11-12,22H2,1-3H3,(H,23,28)/t13-/m0/s1. The van der Waals surface area contributed by atoms with Crippen LogP contribution in [0.2, 0.25) is 0 Å². The Morgan fingerprint density at radius 2 is 2.00 bits per heavy atom. The molecule has 1 atom stereocenters. The van der Waals surface area contributed by atoms with Crippen LogP contribution in [0.15, 0.2) is 29.4 Å². The van der Waals surface area contributed by atoms with Gasteiger partial charge in [-0.15, -0.1) is 0 Å². The van der Waals surface area contributed by atoms with Gasteiger partial charge in [0.1, 0.15) is 6.54 Å². The van der Waals surface area contributed by atoms with Gasteiger partial charge in [0.05, 0.1) is 17.4 Å². The summed E-state index contributed by atoms with van der Waals surface area (Å²) in [7, 11) is 1.55. The van der Waals surface area contributed by atoms with E-state index in [4.69, 9.17) is 5.73 Å². The summed E-state index contributed by atoms with van der Waals surface area (Å²) in [6.45, 7) is 3.93. The fourth-order valence-electron chi connectivity index (χ4n) is 3.56. The van der Waals surface area contributed by atoms with Gasteiger partial charge in [0.25, 0.3) is 0 Å². The number of hydrogen-bond acceptors (Lipinski definition) is 5. The molecule has 1 aliphatic heterocycles. The number of nitrogens with one attached hydrogen (secondary N) is 1. The molecule has 1 aromatic rings. The minimum atomic E-state index is -0.199. The van der Waals surface area contributed by atoms with E-state index < -0.39 is 0 Å². The Kier molecular flexibility index (Phi) is 6.00. The quantitative estimate of drug-likeness (QED) is 0.730. The van der Waals surface area contributed by atoms with Crippen LogP contribution in [-0.2, 0) is 14.4 Å². The smallest absolute Gasteiger partial charge is 0.241 e. The highest BCUT2D eigenvalue weighted by Gasteiger charge is 2.39. The highest BCUT2D eigenvalue weighted by molar-refractivity contribution is 6.12. The van der Waals surface area contributed by atoms with Gasteiger partial charge in [-0.1, -0.05) is 6.07 Å². The number of likely N-dealkylation sites (N-methyl/N-ethyl adjacent to an activating group) is 1. The first-order valence-corrected chi connectivity index (χ1v) is 9.75. The van der Waals surface area contributed by atoms with Crippen molar-refractivity contribution in [2.75, 3.05) is 29.9 Å².